The fraction of sp³-hybridized carbons (Fsp3) is 0.368. The van der Waals surface area contributed by atoms with Crippen molar-refractivity contribution < 1.29 is 23.4 Å². The zero-order valence-electron chi connectivity index (χ0n) is 14.4. The Morgan fingerprint density at radius 3 is 2.74 bits per heavy atom. The Morgan fingerprint density at radius 2 is 2.00 bits per heavy atom. The molecule has 27 heavy (non-hydrogen) atoms. The molecule has 1 N–H and O–H groups in total. The molecular formula is C19H19Cl2F2NO3. The molecule has 0 saturated carbocycles. The Kier molecular flexibility index (Phi) is 6.89. The average molecular weight is 418 g/mol. The number of β-amino-alcohol motifs (C(OH)–C–C–N with tert-alkyl or cyclic N) is 1. The van der Waals surface area contributed by atoms with E-state index in [2.05, 4.69) is 0 Å². The third-order valence-electron chi connectivity index (χ3n) is 4.26. The van der Waals surface area contributed by atoms with E-state index in [0.29, 0.717) is 47.6 Å². The Hall–Kier alpha value is -1.44. The normalized spacial score (nSPS) is 19.1. The Bertz CT molecular complexity index is 794. The van der Waals surface area contributed by atoms with Crippen LogP contribution in [0.15, 0.2) is 36.4 Å². The number of morpholine rings is 1. The first-order chi connectivity index (χ1) is 12.9. The minimum atomic E-state index is -0.901. The molecule has 1 aliphatic heterocycles. The summed E-state index contributed by atoms with van der Waals surface area (Å²) < 4.78 is 37.7. The van der Waals surface area contributed by atoms with Crippen molar-refractivity contribution in [1.82, 2.24) is 4.90 Å². The molecule has 146 valence electrons. The topological polar surface area (TPSA) is 41.9 Å². The van der Waals surface area contributed by atoms with Gasteiger partial charge in [0.05, 0.1) is 17.7 Å². The van der Waals surface area contributed by atoms with Crippen LogP contribution in [-0.4, -0.2) is 49.0 Å². The number of rotatable bonds is 6. The molecule has 2 aromatic rings. The lowest BCUT2D eigenvalue weighted by Gasteiger charge is -2.34. The molecule has 0 bridgehead atoms. The van der Waals surface area contributed by atoms with Crippen LogP contribution in [0.1, 0.15) is 11.7 Å². The van der Waals surface area contributed by atoms with Gasteiger partial charge in [-0.3, -0.25) is 4.90 Å². The highest BCUT2D eigenvalue weighted by molar-refractivity contribution is 6.35. The lowest BCUT2D eigenvalue weighted by molar-refractivity contribution is -0.0460. The van der Waals surface area contributed by atoms with Crippen LogP contribution in [-0.2, 0) is 4.74 Å². The molecule has 0 aromatic heterocycles. The molecule has 0 aliphatic carbocycles. The highest BCUT2D eigenvalue weighted by atomic mass is 35.5. The molecule has 2 unspecified atom stereocenters. The average Bonchev–Trinajstić information content (AvgIpc) is 2.63. The first-order valence-electron chi connectivity index (χ1n) is 8.47. The Morgan fingerprint density at radius 1 is 1.19 bits per heavy atom. The van der Waals surface area contributed by atoms with E-state index in [4.69, 9.17) is 32.7 Å². The van der Waals surface area contributed by atoms with Crippen molar-refractivity contribution in [2.45, 2.75) is 12.2 Å². The smallest absolute Gasteiger partial charge is 0.159 e. The van der Waals surface area contributed by atoms with Crippen LogP contribution in [0, 0.1) is 11.6 Å². The first kappa shape index (κ1) is 20.3. The summed E-state index contributed by atoms with van der Waals surface area (Å²) in [5, 5.41) is 11.1. The van der Waals surface area contributed by atoms with E-state index < -0.39 is 17.7 Å². The monoisotopic (exact) mass is 417 g/mol. The fourth-order valence-electron chi connectivity index (χ4n) is 2.91. The molecule has 1 heterocycles. The summed E-state index contributed by atoms with van der Waals surface area (Å²) in [6, 6.07) is 8.61. The molecule has 1 aliphatic rings. The number of aliphatic hydroxyl groups excluding tert-OH is 1. The van der Waals surface area contributed by atoms with E-state index in [1.54, 1.807) is 18.2 Å². The van der Waals surface area contributed by atoms with Crippen molar-refractivity contribution in [3.05, 3.63) is 63.6 Å². The van der Waals surface area contributed by atoms with Crippen molar-refractivity contribution in [3.8, 4) is 5.75 Å². The molecule has 2 aromatic carbocycles. The van der Waals surface area contributed by atoms with Gasteiger partial charge in [-0.25, -0.2) is 8.78 Å². The minimum absolute atomic E-state index is 0.0640. The van der Waals surface area contributed by atoms with Gasteiger partial charge in [0.25, 0.3) is 0 Å². The summed E-state index contributed by atoms with van der Waals surface area (Å²) in [6.45, 7) is 1.94. The summed E-state index contributed by atoms with van der Waals surface area (Å²) >= 11 is 11.9. The molecule has 4 nitrogen and oxygen atoms in total. The van der Waals surface area contributed by atoms with Gasteiger partial charge in [-0.2, -0.15) is 0 Å². The molecule has 0 spiro atoms. The predicted octanol–water partition coefficient (Wildman–Crippen LogP) is 4.08. The van der Waals surface area contributed by atoms with E-state index in [0.717, 1.165) is 12.1 Å². The number of halogens is 4. The maximum Gasteiger partial charge on any atom is 0.159 e. The van der Waals surface area contributed by atoms with Gasteiger partial charge >= 0.3 is 0 Å². The number of ether oxygens (including phenoxy) is 2. The number of benzene rings is 2. The molecular weight excluding hydrogens is 399 g/mol. The van der Waals surface area contributed by atoms with Gasteiger partial charge < -0.3 is 14.6 Å². The summed E-state index contributed by atoms with van der Waals surface area (Å²) in [5.41, 5.74) is 0.567. The SMILES string of the molecule is OC(COc1ccc(Cl)cc1Cl)CN1CCOC(c2ccc(F)c(F)c2)C1. The molecule has 8 heteroatoms. The second-order valence-electron chi connectivity index (χ2n) is 6.33. The largest absolute Gasteiger partial charge is 0.489 e. The van der Waals surface area contributed by atoms with E-state index in [1.807, 2.05) is 4.90 Å². The Balaban J connectivity index is 1.52. The van der Waals surface area contributed by atoms with Crippen LogP contribution >= 0.6 is 23.2 Å². The van der Waals surface area contributed by atoms with Crippen LogP contribution < -0.4 is 4.74 Å². The van der Waals surface area contributed by atoms with Crippen molar-refractivity contribution in [2.75, 3.05) is 32.8 Å². The van der Waals surface area contributed by atoms with Crippen LogP contribution in [0.25, 0.3) is 0 Å². The summed E-state index contributed by atoms with van der Waals surface area (Å²) in [4.78, 5) is 1.99. The molecule has 2 atom stereocenters. The quantitative estimate of drug-likeness (QED) is 0.768. The summed E-state index contributed by atoms with van der Waals surface area (Å²) in [6.07, 6.45) is -1.13. The zero-order valence-corrected chi connectivity index (χ0v) is 15.9. The maximum absolute atomic E-state index is 13.4. The van der Waals surface area contributed by atoms with Crippen LogP contribution in [0.4, 0.5) is 8.78 Å². The van der Waals surface area contributed by atoms with Gasteiger partial charge in [-0.05, 0) is 35.9 Å². The summed E-state index contributed by atoms with van der Waals surface area (Å²) in [7, 11) is 0. The lowest BCUT2D eigenvalue weighted by atomic mass is 10.1. The van der Waals surface area contributed by atoms with Crippen molar-refractivity contribution in [2.24, 2.45) is 0 Å². The van der Waals surface area contributed by atoms with E-state index in [-0.39, 0.29) is 12.7 Å². The number of aliphatic hydroxyl groups is 1. The zero-order chi connectivity index (χ0) is 19.4. The second-order valence-corrected chi connectivity index (χ2v) is 7.18. The van der Waals surface area contributed by atoms with Crippen molar-refractivity contribution in [3.63, 3.8) is 0 Å². The molecule has 1 fully saturated rings. The summed E-state index contributed by atoms with van der Waals surface area (Å²) in [5.74, 6) is -1.34. The Labute approximate surface area is 166 Å². The molecule has 1 saturated heterocycles. The third kappa shape index (κ3) is 5.53. The number of nitrogens with zero attached hydrogens (tertiary/aromatic N) is 1. The lowest BCUT2D eigenvalue weighted by Crippen LogP contribution is -2.43. The minimum Gasteiger partial charge on any atom is -0.489 e. The van der Waals surface area contributed by atoms with E-state index in [9.17, 15) is 13.9 Å². The molecule has 0 amide bonds. The standard InChI is InChI=1S/C19H19Cl2F2NO3/c20-13-2-4-18(15(21)8-13)27-11-14(25)9-24-5-6-26-19(10-24)12-1-3-16(22)17(23)7-12/h1-4,7-8,14,19,25H,5-6,9-11H2. The highest BCUT2D eigenvalue weighted by Crippen LogP contribution is 2.28. The highest BCUT2D eigenvalue weighted by Gasteiger charge is 2.24. The van der Waals surface area contributed by atoms with Crippen LogP contribution in [0.3, 0.4) is 0 Å². The maximum atomic E-state index is 13.4. The van der Waals surface area contributed by atoms with Gasteiger partial charge in [0, 0.05) is 24.7 Å². The van der Waals surface area contributed by atoms with Crippen molar-refractivity contribution in [1.29, 1.82) is 0 Å². The van der Waals surface area contributed by atoms with E-state index >= 15 is 0 Å². The number of hydrogen-bond donors (Lipinski definition) is 1. The molecule has 3 rings (SSSR count). The van der Waals surface area contributed by atoms with Gasteiger partial charge in [0.15, 0.2) is 11.6 Å². The van der Waals surface area contributed by atoms with Gasteiger partial charge in [0.2, 0.25) is 0 Å². The molecule has 0 radical (unpaired) electrons. The van der Waals surface area contributed by atoms with Gasteiger partial charge in [-0.15, -0.1) is 0 Å². The van der Waals surface area contributed by atoms with Crippen LogP contribution in [0.2, 0.25) is 10.0 Å². The van der Waals surface area contributed by atoms with Gasteiger partial charge in [-0.1, -0.05) is 29.3 Å². The second kappa shape index (κ2) is 9.17. The number of hydrogen-bond acceptors (Lipinski definition) is 4. The van der Waals surface area contributed by atoms with E-state index in [1.165, 1.54) is 6.07 Å². The van der Waals surface area contributed by atoms with Crippen LogP contribution in [0.5, 0.6) is 5.75 Å². The van der Waals surface area contributed by atoms with Crippen molar-refractivity contribution >= 4 is 23.2 Å². The first-order valence-corrected chi connectivity index (χ1v) is 9.23. The predicted molar refractivity (Wildman–Crippen MR) is 99.5 cm³/mol. The third-order valence-corrected chi connectivity index (χ3v) is 4.79. The fourth-order valence-corrected chi connectivity index (χ4v) is 3.37. The van der Waals surface area contributed by atoms with Gasteiger partial charge in [0.1, 0.15) is 18.5 Å².